The number of rotatable bonds is 5. The van der Waals surface area contributed by atoms with Crippen LogP contribution in [0.2, 0.25) is 0 Å². The minimum Gasteiger partial charge on any atom is -0.0654 e. The van der Waals surface area contributed by atoms with E-state index in [1.807, 2.05) is 0 Å². The van der Waals surface area contributed by atoms with Crippen molar-refractivity contribution in [2.45, 2.75) is 33.1 Å². The Morgan fingerprint density at radius 2 is 2.22 bits per heavy atom. The van der Waals surface area contributed by atoms with Gasteiger partial charge in [-0.15, -0.1) is 0 Å². The Hall–Kier alpha value is 0.0200. The first kappa shape index (κ1) is 9.02. The monoisotopic (exact) mass is 147 g/mol. The maximum absolute atomic E-state index is 10.0. The smallest absolute Gasteiger partial charge is 0.0654 e. The maximum Gasteiger partial charge on any atom is 0.458 e. The first-order chi connectivity index (χ1) is 4.31. The van der Waals surface area contributed by atoms with Gasteiger partial charge >= 0.3 is 11.7 Å². The van der Waals surface area contributed by atoms with Crippen LogP contribution in [0.25, 0.3) is 0 Å². The van der Waals surface area contributed by atoms with Gasteiger partial charge in [-0.1, -0.05) is 26.7 Å². The summed E-state index contributed by atoms with van der Waals surface area (Å²) >= 11 is 0.710. The second kappa shape index (κ2) is 6.14. The van der Waals surface area contributed by atoms with Crippen LogP contribution in [0.1, 0.15) is 33.1 Å². The van der Waals surface area contributed by atoms with Gasteiger partial charge in [0.25, 0.3) is 0 Å². The zero-order chi connectivity index (χ0) is 7.11. The summed E-state index contributed by atoms with van der Waals surface area (Å²) < 4.78 is 10.0. The molecule has 0 aliphatic heterocycles. The zero-order valence-electron chi connectivity index (χ0n) is 6.22. The van der Waals surface area contributed by atoms with E-state index in [4.69, 9.17) is 0 Å². The topological polar surface area (TPSA) is 17.1 Å². The van der Waals surface area contributed by atoms with Crippen molar-refractivity contribution in [2.24, 2.45) is 5.92 Å². The minimum atomic E-state index is 0.618. The van der Waals surface area contributed by atoms with E-state index in [9.17, 15) is 4.21 Å². The van der Waals surface area contributed by atoms with Gasteiger partial charge in [-0.05, 0) is 6.42 Å². The van der Waals surface area contributed by atoms with Gasteiger partial charge in [-0.3, -0.25) is 0 Å². The van der Waals surface area contributed by atoms with Crippen molar-refractivity contribution >= 4 is 11.7 Å². The van der Waals surface area contributed by atoms with Crippen molar-refractivity contribution in [3.63, 3.8) is 0 Å². The first-order valence-electron chi connectivity index (χ1n) is 3.56. The summed E-state index contributed by atoms with van der Waals surface area (Å²) in [6.45, 7) is 4.32. The van der Waals surface area contributed by atoms with Crippen molar-refractivity contribution in [3.8, 4) is 0 Å². The molecule has 0 saturated carbocycles. The van der Waals surface area contributed by atoms with Crippen LogP contribution in [0, 0.1) is 5.92 Å². The Kier molecular flexibility index (Phi) is 6.16. The van der Waals surface area contributed by atoms with Crippen LogP contribution in [0.4, 0.5) is 0 Å². The van der Waals surface area contributed by atoms with E-state index < -0.39 is 0 Å². The lowest BCUT2D eigenvalue weighted by atomic mass is 10.1. The highest BCUT2D eigenvalue weighted by Gasteiger charge is 2.08. The molecule has 0 N–H and O–H groups in total. The number of hydrogen-bond acceptors (Lipinski definition) is 1. The fourth-order valence-corrected chi connectivity index (χ4v) is 1.15. The molecule has 1 unspecified atom stereocenters. The summed E-state index contributed by atoms with van der Waals surface area (Å²) in [6, 6.07) is 0. The van der Waals surface area contributed by atoms with Gasteiger partial charge in [0.2, 0.25) is 5.75 Å². The quantitative estimate of drug-likeness (QED) is 0.545. The summed E-state index contributed by atoms with van der Waals surface area (Å²) in [6.07, 6.45) is 3.72. The lowest BCUT2D eigenvalue weighted by Crippen LogP contribution is -1.98. The molecule has 0 bridgehead atoms. The van der Waals surface area contributed by atoms with Gasteiger partial charge in [0.1, 0.15) is 0 Å². The molecule has 1 nitrogen and oxygen atoms in total. The SMILES string of the molecule is CCCCC(C)C[S+]=O. The average Bonchev–Trinajstić information content (AvgIpc) is 1.85. The van der Waals surface area contributed by atoms with E-state index >= 15 is 0 Å². The van der Waals surface area contributed by atoms with Crippen molar-refractivity contribution in [3.05, 3.63) is 0 Å². The Bertz CT molecular complexity index is 73.3. The molecule has 0 amide bonds. The van der Waals surface area contributed by atoms with Gasteiger partial charge in [0.15, 0.2) is 0 Å². The molecule has 0 aromatic heterocycles. The highest BCUT2D eigenvalue weighted by molar-refractivity contribution is 7.65. The molecule has 0 radical (unpaired) electrons. The lowest BCUT2D eigenvalue weighted by Gasteiger charge is -1.98. The zero-order valence-corrected chi connectivity index (χ0v) is 7.04. The highest BCUT2D eigenvalue weighted by Crippen LogP contribution is 2.06. The second-order valence-corrected chi connectivity index (χ2v) is 3.10. The number of unbranched alkanes of at least 4 members (excludes halogenated alkanes) is 1. The Morgan fingerprint density at radius 1 is 1.56 bits per heavy atom. The van der Waals surface area contributed by atoms with E-state index in [-0.39, 0.29) is 0 Å². The first-order valence-corrected chi connectivity index (χ1v) is 4.47. The molecule has 2 heteroatoms. The molecule has 0 aromatic carbocycles. The maximum atomic E-state index is 10.0. The molecule has 0 saturated heterocycles. The molecule has 0 fully saturated rings. The van der Waals surface area contributed by atoms with Crippen LogP contribution in [0.5, 0.6) is 0 Å². The predicted molar refractivity (Wildman–Crippen MR) is 41.6 cm³/mol. The molecule has 0 aliphatic carbocycles. The van der Waals surface area contributed by atoms with Gasteiger partial charge < -0.3 is 0 Å². The molecule has 0 rings (SSSR count). The van der Waals surface area contributed by atoms with Gasteiger partial charge in [0, 0.05) is 10.1 Å². The van der Waals surface area contributed by atoms with Crippen molar-refractivity contribution in [1.29, 1.82) is 0 Å². The van der Waals surface area contributed by atoms with E-state index in [2.05, 4.69) is 13.8 Å². The third kappa shape index (κ3) is 5.90. The Morgan fingerprint density at radius 3 is 2.67 bits per heavy atom. The van der Waals surface area contributed by atoms with Crippen LogP contribution < -0.4 is 0 Å². The van der Waals surface area contributed by atoms with Gasteiger partial charge in [-0.25, -0.2) is 0 Å². The minimum absolute atomic E-state index is 0.618. The standard InChI is InChI=1S/C7H15OS/c1-3-4-5-7(2)6-9-8/h7H,3-6H2,1-2H3/q+1. The average molecular weight is 147 g/mol. The van der Waals surface area contributed by atoms with Crippen LogP contribution in [0.15, 0.2) is 0 Å². The number of hydrogen-bond donors (Lipinski definition) is 0. The fraction of sp³-hybridized carbons (Fsp3) is 1.00. The Labute approximate surface area is 61.3 Å². The van der Waals surface area contributed by atoms with Crippen LogP contribution in [-0.4, -0.2) is 5.75 Å². The van der Waals surface area contributed by atoms with Gasteiger partial charge in [0.05, 0.1) is 0 Å². The predicted octanol–water partition coefficient (Wildman–Crippen LogP) is 2.24. The molecule has 0 heterocycles. The molecule has 0 spiro atoms. The molecule has 54 valence electrons. The summed E-state index contributed by atoms with van der Waals surface area (Å²) in [5.74, 6) is 1.40. The highest BCUT2D eigenvalue weighted by atomic mass is 32.1. The summed E-state index contributed by atoms with van der Waals surface area (Å²) in [5.41, 5.74) is 0. The Balaban J connectivity index is 3.04. The molecule has 9 heavy (non-hydrogen) atoms. The normalized spacial score (nSPS) is 13.1. The molecule has 1 atom stereocenters. The molecule has 0 aromatic rings. The van der Waals surface area contributed by atoms with E-state index in [0.717, 1.165) is 5.75 Å². The largest absolute Gasteiger partial charge is 0.458 e. The van der Waals surface area contributed by atoms with Crippen molar-refractivity contribution in [1.82, 2.24) is 0 Å². The summed E-state index contributed by atoms with van der Waals surface area (Å²) in [5, 5.41) is 0. The molecular weight excluding hydrogens is 132 g/mol. The third-order valence-electron chi connectivity index (χ3n) is 1.40. The van der Waals surface area contributed by atoms with E-state index in [0.29, 0.717) is 17.6 Å². The van der Waals surface area contributed by atoms with Crippen molar-refractivity contribution < 1.29 is 4.21 Å². The summed E-state index contributed by atoms with van der Waals surface area (Å²) in [7, 11) is 0. The van der Waals surface area contributed by atoms with Crippen LogP contribution in [-0.2, 0) is 15.9 Å². The van der Waals surface area contributed by atoms with Crippen LogP contribution in [0.3, 0.4) is 0 Å². The summed E-state index contributed by atoms with van der Waals surface area (Å²) in [4.78, 5) is 0. The lowest BCUT2D eigenvalue weighted by molar-refractivity contribution is 0.545. The fourth-order valence-electron chi connectivity index (χ4n) is 0.752. The van der Waals surface area contributed by atoms with E-state index in [1.54, 1.807) is 0 Å². The molecule has 0 aliphatic rings. The van der Waals surface area contributed by atoms with Crippen molar-refractivity contribution in [2.75, 3.05) is 5.75 Å². The second-order valence-electron chi connectivity index (χ2n) is 2.53. The molecular formula is C7H15OS+. The van der Waals surface area contributed by atoms with Gasteiger partial charge in [-0.2, -0.15) is 0 Å². The van der Waals surface area contributed by atoms with E-state index in [1.165, 1.54) is 19.3 Å². The third-order valence-corrected chi connectivity index (χ3v) is 2.11. The van der Waals surface area contributed by atoms with Crippen LogP contribution >= 0.6 is 0 Å².